The molecule has 0 bridgehead atoms. The lowest BCUT2D eigenvalue weighted by Crippen LogP contribution is -2.52. The highest BCUT2D eigenvalue weighted by Gasteiger charge is 2.20. The Hall–Kier alpha value is -1.14. The zero-order valence-electron chi connectivity index (χ0n) is 12.9. The van der Waals surface area contributed by atoms with Crippen molar-refractivity contribution in [3.05, 3.63) is 17.5 Å². The van der Waals surface area contributed by atoms with Crippen molar-refractivity contribution in [3.8, 4) is 0 Å². The molecule has 1 N–H and O–H groups in total. The highest BCUT2D eigenvalue weighted by molar-refractivity contribution is 7.80. The second-order valence-electron chi connectivity index (χ2n) is 5.75. The molecular formula is C14H25N5S. The van der Waals surface area contributed by atoms with Gasteiger partial charge in [-0.05, 0) is 33.0 Å². The van der Waals surface area contributed by atoms with Crippen molar-refractivity contribution in [3.63, 3.8) is 0 Å². The third-order valence-corrected chi connectivity index (χ3v) is 4.18. The minimum Gasteiger partial charge on any atom is -0.360 e. The van der Waals surface area contributed by atoms with Gasteiger partial charge in [0.1, 0.15) is 0 Å². The molecule has 6 heteroatoms. The van der Waals surface area contributed by atoms with E-state index in [9.17, 15) is 0 Å². The molecule has 0 unspecified atom stereocenters. The summed E-state index contributed by atoms with van der Waals surface area (Å²) < 4.78 is 1.94. The van der Waals surface area contributed by atoms with E-state index in [-0.39, 0.29) is 0 Å². The number of aromatic nitrogens is 2. The van der Waals surface area contributed by atoms with E-state index < -0.39 is 0 Å². The zero-order chi connectivity index (χ0) is 14.7. The SMILES string of the molecule is Cc1c(CN2CCN(C(=S)NC(C)C)CC2)cnn1C. The monoisotopic (exact) mass is 295 g/mol. The van der Waals surface area contributed by atoms with Crippen LogP contribution in [0, 0.1) is 6.92 Å². The third kappa shape index (κ3) is 3.70. The van der Waals surface area contributed by atoms with Gasteiger partial charge in [-0.2, -0.15) is 5.10 Å². The average Bonchev–Trinajstić information content (AvgIpc) is 2.71. The fourth-order valence-corrected chi connectivity index (χ4v) is 2.81. The van der Waals surface area contributed by atoms with Gasteiger partial charge in [0.25, 0.3) is 0 Å². The van der Waals surface area contributed by atoms with E-state index in [0.29, 0.717) is 6.04 Å². The summed E-state index contributed by atoms with van der Waals surface area (Å²) in [7, 11) is 1.99. The molecule has 2 heterocycles. The van der Waals surface area contributed by atoms with E-state index in [0.717, 1.165) is 37.8 Å². The maximum atomic E-state index is 5.43. The van der Waals surface area contributed by atoms with Gasteiger partial charge in [0.2, 0.25) is 0 Å². The molecule has 20 heavy (non-hydrogen) atoms. The van der Waals surface area contributed by atoms with Crippen molar-refractivity contribution in [2.45, 2.75) is 33.4 Å². The van der Waals surface area contributed by atoms with Crippen LogP contribution in [-0.2, 0) is 13.6 Å². The van der Waals surface area contributed by atoms with Crippen LogP contribution in [0.5, 0.6) is 0 Å². The Morgan fingerprint density at radius 1 is 1.35 bits per heavy atom. The quantitative estimate of drug-likeness (QED) is 0.846. The number of hydrogen-bond acceptors (Lipinski definition) is 3. The number of piperazine rings is 1. The lowest BCUT2D eigenvalue weighted by Gasteiger charge is -2.36. The van der Waals surface area contributed by atoms with Crippen molar-refractivity contribution in [1.82, 2.24) is 24.9 Å². The fraction of sp³-hybridized carbons (Fsp3) is 0.714. The molecule has 112 valence electrons. The molecule has 5 nitrogen and oxygen atoms in total. The largest absolute Gasteiger partial charge is 0.360 e. The Morgan fingerprint density at radius 3 is 2.50 bits per heavy atom. The van der Waals surface area contributed by atoms with Crippen molar-refractivity contribution >= 4 is 17.3 Å². The lowest BCUT2D eigenvalue weighted by molar-refractivity contribution is 0.174. The van der Waals surface area contributed by atoms with Gasteiger partial charge in [-0.15, -0.1) is 0 Å². The molecule has 0 aliphatic carbocycles. The minimum atomic E-state index is 0.401. The first kappa shape index (κ1) is 15.3. The fourth-order valence-electron chi connectivity index (χ4n) is 2.39. The number of nitrogens with one attached hydrogen (secondary N) is 1. The van der Waals surface area contributed by atoms with Crippen molar-refractivity contribution < 1.29 is 0 Å². The first-order chi connectivity index (χ1) is 9.47. The molecule has 0 saturated carbocycles. The molecule has 1 saturated heterocycles. The summed E-state index contributed by atoms with van der Waals surface area (Å²) in [5, 5.41) is 8.51. The molecule has 0 spiro atoms. The smallest absolute Gasteiger partial charge is 0.169 e. The van der Waals surface area contributed by atoms with Gasteiger partial charge in [-0.25, -0.2) is 0 Å². The first-order valence-electron chi connectivity index (χ1n) is 7.22. The molecular weight excluding hydrogens is 270 g/mol. The van der Waals surface area contributed by atoms with Crippen LogP contribution in [0.2, 0.25) is 0 Å². The van der Waals surface area contributed by atoms with Gasteiger partial charge in [0.05, 0.1) is 6.20 Å². The second kappa shape index (κ2) is 6.54. The molecule has 0 radical (unpaired) electrons. The Balaban J connectivity index is 1.82. The van der Waals surface area contributed by atoms with Crippen LogP contribution in [0.1, 0.15) is 25.1 Å². The van der Waals surface area contributed by atoms with Gasteiger partial charge >= 0.3 is 0 Å². The Labute approximate surface area is 126 Å². The second-order valence-corrected chi connectivity index (χ2v) is 6.13. The first-order valence-corrected chi connectivity index (χ1v) is 7.63. The summed E-state index contributed by atoms with van der Waals surface area (Å²) in [6, 6.07) is 0.401. The van der Waals surface area contributed by atoms with E-state index >= 15 is 0 Å². The van der Waals surface area contributed by atoms with Crippen LogP contribution in [-0.4, -0.2) is 56.9 Å². The maximum absolute atomic E-state index is 5.43. The number of nitrogens with zero attached hydrogens (tertiary/aromatic N) is 4. The van der Waals surface area contributed by atoms with Crippen LogP contribution >= 0.6 is 12.2 Å². The van der Waals surface area contributed by atoms with Crippen LogP contribution in [0.3, 0.4) is 0 Å². The standard InChI is InChI=1S/C14H25N5S/c1-11(2)16-14(20)19-7-5-18(6-8-19)10-13-9-15-17(4)12(13)3/h9,11H,5-8,10H2,1-4H3,(H,16,20). The number of thiocarbonyl (C=S) groups is 1. The van der Waals surface area contributed by atoms with Crippen LogP contribution < -0.4 is 5.32 Å². The predicted molar refractivity (Wildman–Crippen MR) is 85.7 cm³/mol. The van der Waals surface area contributed by atoms with Gasteiger partial charge < -0.3 is 10.2 Å². The normalized spacial score (nSPS) is 16.8. The Kier molecular flexibility index (Phi) is 4.99. The van der Waals surface area contributed by atoms with E-state index in [1.165, 1.54) is 11.3 Å². The molecule has 0 atom stereocenters. The highest BCUT2D eigenvalue weighted by atomic mass is 32.1. The van der Waals surface area contributed by atoms with Crippen molar-refractivity contribution in [2.75, 3.05) is 26.2 Å². The Bertz CT molecular complexity index is 460. The molecule has 1 fully saturated rings. The molecule has 0 aromatic carbocycles. The number of hydrogen-bond donors (Lipinski definition) is 1. The summed E-state index contributed by atoms with van der Waals surface area (Å²) >= 11 is 5.43. The van der Waals surface area contributed by atoms with E-state index in [1.54, 1.807) is 0 Å². The molecule has 1 aliphatic rings. The maximum Gasteiger partial charge on any atom is 0.169 e. The van der Waals surface area contributed by atoms with Crippen LogP contribution in [0.4, 0.5) is 0 Å². The summed E-state index contributed by atoms with van der Waals surface area (Å²) in [4.78, 5) is 4.74. The van der Waals surface area contributed by atoms with Crippen LogP contribution in [0.15, 0.2) is 6.20 Å². The lowest BCUT2D eigenvalue weighted by atomic mass is 10.2. The highest BCUT2D eigenvalue weighted by Crippen LogP contribution is 2.12. The summed E-state index contributed by atoms with van der Waals surface area (Å²) in [6.07, 6.45) is 1.98. The van der Waals surface area contributed by atoms with E-state index in [1.807, 2.05) is 17.9 Å². The number of rotatable bonds is 3. The van der Waals surface area contributed by atoms with Gasteiger partial charge in [0.15, 0.2) is 5.11 Å². The van der Waals surface area contributed by atoms with Gasteiger partial charge in [-0.1, -0.05) is 0 Å². The molecule has 1 aromatic rings. The molecule has 1 aromatic heterocycles. The van der Waals surface area contributed by atoms with Crippen molar-refractivity contribution in [1.29, 1.82) is 0 Å². The minimum absolute atomic E-state index is 0.401. The van der Waals surface area contributed by atoms with E-state index in [4.69, 9.17) is 12.2 Å². The number of aryl methyl sites for hydroxylation is 1. The summed E-state index contributed by atoms with van der Waals surface area (Å²) in [5.41, 5.74) is 2.58. The van der Waals surface area contributed by atoms with Crippen molar-refractivity contribution in [2.24, 2.45) is 7.05 Å². The van der Waals surface area contributed by atoms with Gasteiger partial charge in [0, 0.05) is 57.1 Å². The summed E-state index contributed by atoms with van der Waals surface area (Å²) in [6.45, 7) is 11.4. The third-order valence-electron chi connectivity index (χ3n) is 3.80. The molecule has 0 amide bonds. The van der Waals surface area contributed by atoms with E-state index in [2.05, 4.69) is 41.0 Å². The average molecular weight is 295 g/mol. The predicted octanol–water partition coefficient (Wildman–Crippen LogP) is 1.13. The Morgan fingerprint density at radius 2 is 2.00 bits per heavy atom. The molecule has 1 aliphatic heterocycles. The zero-order valence-corrected chi connectivity index (χ0v) is 13.7. The van der Waals surface area contributed by atoms with Crippen LogP contribution in [0.25, 0.3) is 0 Å². The summed E-state index contributed by atoms with van der Waals surface area (Å²) in [5.74, 6) is 0. The van der Waals surface area contributed by atoms with Gasteiger partial charge in [-0.3, -0.25) is 9.58 Å². The topological polar surface area (TPSA) is 36.3 Å². The molecule has 2 rings (SSSR count).